The van der Waals surface area contributed by atoms with Crippen LogP contribution in [-0.2, 0) is 30.7 Å². The van der Waals surface area contributed by atoms with E-state index in [1.54, 1.807) is 12.1 Å². The highest BCUT2D eigenvalue weighted by Gasteiger charge is 2.25. The van der Waals surface area contributed by atoms with E-state index in [1.165, 1.54) is 17.4 Å². The lowest BCUT2D eigenvalue weighted by Gasteiger charge is -2.27. The lowest BCUT2D eigenvalue weighted by molar-refractivity contribution is -0.115. The van der Waals surface area contributed by atoms with Gasteiger partial charge in [0.1, 0.15) is 22.6 Å². The molecule has 1 amide bonds. The molecule has 0 radical (unpaired) electrons. The topological polar surface area (TPSA) is 65.4 Å². The highest BCUT2D eigenvalue weighted by molar-refractivity contribution is 7.16. The fourth-order valence-corrected chi connectivity index (χ4v) is 5.17. The number of nitrogens with zero attached hydrogens (tertiary/aromatic N) is 2. The second-order valence-corrected chi connectivity index (χ2v) is 9.24. The molecule has 0 bridgehead atoms. The summed E-state index contributed by atoms with van der Waals surface area (Å²) in [5.74, 6) is 0.352. The van der Waals surface area contributed by atoms with E-state index in [-0.39, 0.29) is 18.1 Å². The predicted molar refractivity (Wildman–Crippen MR) is 128 cm³/mol. The van der Waals surface area contributed by atoms with E-state index in [2.05, 4.69) is 16.3 Å². The summed E-state index contributed by atoms with van der Waals surface area (Å²) in [7, 11) is 0. The number of amides is 1. The molecule has 1 N–H and O–H groups in total. The molecule has 0 spiro atoms. The lowest BCUT2D eigenvalue weighted by Crippen LogP contribution is -2.29. The number of hydrogen-bond acceptors (Lipinski definition) is 5. The molecule has 1 aliphatic rings. The summed E-state index contributed by atoms with van der Waals surface area (Å²) in [6.07, 6.45) is 1.93. The molecule has 3 aromatic rings. The average molecular weight is 464 g/mol. The molecule has 2 heterocycles. The number of ether oxygens (including phenoxy) is 1. The molecule has 5 nitrogen and oxygen atoms in total. The van der Waals surface area contributed by atoms with Crippen LogP contribution in [0.15, 0.2) is 48.5 Å². The molecule has 0 atom stereocenters. The number of anilines is 1. The molecule has 0 saturated heterocycles. The molecule has 7 heteroatoms. The third-order valence-electron chi connectivity index (χ3n) is 5.52. The van der Waals surface area contributed by atoms with Crippen LogP contribution in [0.2, 0.25) is 0 Å². The quantitative estimate of drug-likeness (QED) is 0.493. The third-order valence-corrected chi connectivity index (χ3v) is 6.73. The molecule has 170 valence electrons. The summed E-state index contributed by atoms with van der Waals surface area (Å²) in [4.78, 5) is 16.1. The standard InChI is InChI=1S/C26H26FN3O2S/c1-2-11-32-21-8-4-5-18(13-21)14-25(31)29-26-22(15-28)23-17-30(10-9-24(23)33-26)16-19-6-3-7-20(27)12-19/h3-8,12-13H,2,9-11,14,16-17H2,1H3,(H,29,31). The second kappa shape index (κ2) is 10.6. The number of fused-ring (bicyclic) bond motifs is 1. The van der Waals surface area contributed by atoms with E-state index < -0.39 is 0 Å². The van der Waals surface area contributed by atoms with Gasteiger partial charge in [0, 0.05) is 30.1 Å². The molecule has 0 fully saturated rings. The van der Waals surface area contributed by atoms with E-state index in [0.29, 0.717) is 30.3 Å². The minimum atomic E-state index is -0.245. The van der Waals surface area contributed by atoms with Gasteiger partial charge in [-0.2, -0.15) is 5.26 Å². The molecule has 1 aliphatic heterocycles. The Bertz CT molecular complexity index is 1180. The second-order valence-electron chi connectivity index (χ2n) is 8.13. The number of carbonyl (C=O) groups is 1. The molecule has 0 aliphatic carbocycles. The zero-order valence-electron chi connectivity index (χ0n) is 18.6. The maximum absolute atomic E-state index is 13.5. The summed E-state index contributed by atoms with van der Waals surface area (Å²) >= 11 is 1.48. The summed E-state index contributed by atoms with van der Waals surface area (Å²) in [6, 6.07) is 16.4. The van der Waals surface area contributed by atoms with E-state index in [1.807, 2.05) is 37.3 Å². The van der Waals surface area contributed by atoms with Crippen LogP contribution in [-0.4, -0.2) is 24.0 Å². The SMILES string of the molecule is CCCOc1cccc(CC(=O)Nc2sc3c(c2C#N)CN(Cc2cccc(F)c2)CC3)c1. The Balaban J connectivity index is 1.43. The molecular formula is C26H26FN3O2S. The van der Waals surface area contributed by atoms with E-state index in [9.17, 15) is 14.4 Å². The third kappa shape index (κ3) is 5.78. The van der Waals surface area contributed by atoms with Gasteiger partial charge in [-0.3, -0.25) is 9.69 Å². The van der Waals surface area contributed by atoms with Crippen molar-refractivity contribution in [2.24, 2.45) is 0 Å². The van der Waals surface area contributed by atoms with Crippen LogP contribution in [0.3, 0.4) is 0 Å². The zero-order valence-corrected chi connectivity index (χ0v) is 19.4. The Morgan fingerprint density at radius 2 is 2.06 bits per heavy atom. The Morgan fingerprint density at radius 3 is 2.85 bits per heavy atom. The summed E-state index contributed by atoms with van der Waals surface area (Å²) < 4.78 is 19.2. The Kier molecular flexibility index (Phi) is 7.38. The van der Waals surface area contributed by atoms with Crippen molar-refractivity contribution in [1.82, 2.24) is 4.90 Å². The van der Waals surface area contributed by atoms with Gasteiger partial charge in [-0.15, -0.1) is 11.3 Å². The first-order valence-corrected chi connectivity index (χ1v) is 11.9. The molecular weight excluding hydrogens is 437 g/mol. The van der Waals surface area contributed by atoms with E-state index in [0.717, 1.165) is 46.7 Å². The van der Waals surface area contributed by atoms with E-state index >= 15 is 0 Å². The van der Waals surface area contributed by atoms with Crippen molar-refractivity contribution in [2.45, 2.75) is 39.3 Å². The van der Waals surface area contributed by atoms with Gasteiger partial charge in [-0.25, -0.2) is 4.39 Å². The van der Waals surface area contributed by atoms with E-state index in [4.69, 9.17) is 4.74 Å². The maximum atomic E-state index is 13.5. The number of rotatable bonds is 8. The average Bonchev–Trinajstić information content (AvgIpc) is 3.14. The number of nitrogens with one attached hydrogen (secondary N) is 1. The fourth-order valence-electron chi connectivity index (χ4n) is 4.00. The van der Waals surface area contributed by atoms with Crippen LogP contribution in [0.4, 0.5) is 9.39 Å². The number of hydrogen-bond donors (Lipinski definition) is 1. The van der Waals surface area contributed by atoms with Crippen molar-refractivity contribution < 1.29 is 13.9 Å². The van der Waals surface area contributed by atoms with Gasteiger partial charge in [-0.1, -0.05) is 31.2 Å². The van der Waals surface area contributed by atoms with Gasteiger partial charge in [0.2, 0.25) is 5.91 Å². The molecule has 33 heavy (non-hydrogen) atoms. The fraction of sp³-hybridized carbons (Fsp3) is 0.308. The summed E-state index contributed by atoms with van der Waals surface area (Å²) in [5.41, 5.74) is 3.27. The summed E-state index contributed by atoms with van der Waals surface area (Å²) in [5, 5.41) is 13.4. The Labute approximate surface area is 197 Å². The van der Waals surface area contributed by atoms with Crippen LogP contribution in [0.25, 0.3) is 0 Å². The van der Waals surface area contributed by atoms with Gasteiger partial charge < -0.3 is 10.1 Å². The van der Waals surface area contributed by atoms with Crippen molar-refractivity contribution >= 4 is 22.2 Å². The molecule has 1 aromatic heterocycles. The molecule has 2 aromatic carbocycles. The molecule has 4 rings (SSSR count). The normalized spacial score (nSPS) is 13.2. The predicted octanol–water partition coefficient (Wildman–Crippen LogP) is 5.29. The van der Waals surface area contributed by atoms with Crippen molar-refractivity contribution in [3.8, 4) is 11.8 Å². The van der Waals surface area contributed by atoms with Crippen LogP contribution in [0.1, 0.15) is 40.5 Å². The molecule has 0 saturated carbocycles. The lowest BCUT2D eigenvalue weighted by atomic mass is 10.0. The largest absolute Gasteiger partial charge is 0.494 e. The van der Waals surface area contributed by atoms with Crippen molar-refractivity contribution in [2.75, 3.05) is 18.5 Å². The highest BCUT2D eigenvalue weighted by Crippen LogP contribution is 2.37. The van der Waals surface area contributed by atoms with Gasteiger partial charge in [0.25, 0.3) is 0 Å². The number of benzene rings is 2. The minimum absolute atomic E-state index is 0.158. The van der Waals surface area contributed by atoms with Crippen molar-refractivity contribution in [1.29, 1.82) is 5.26 Å². The van der Waals surface area contributed by atoms with Crippen LogP contribution in [0, 0.1) is 17.1 Å². The first kappa shape index (κ1) is 23.0. The Hall–Kier alpha value is -3.21. The van der Waals surface area contributed by atoms with Crippen LogP contribution in [0.5, 0.6) is 5.75 Å². The van der Waals surface area contributed by atoms with Crippen molar-refractivity contribution in [3.05, 3.63) is 81.5 Å². The highest BCUT2D eigenvalue weighted by atomic mass is 32.1. The van der Waals surface area contributed by atoms with Gasteiger partial charge in [-0.05, 0) is 48.2 Å². The number of thiophene rings is 1. The minimum Gasteiger partial charge on any atom is -0.494 e. The van der Waals surface area contributed by atoms with Crippen molar-refractivity contribution in [3.63, 3.8) is 0 Å². The Morgan fingerprint density at radius 1 is 1.24 bits per heavy atom. The van der Waals surface area contributed by atoms with Gasteiger partial charge in [0.15, 0.2) is 0 Å². The number of halogens is 1. The smallest absolute Gasteiger partial charge is 0.229 e. The molecule has 0 unspecified atom stereocenters. The first-order chi connectivity index (χ1) is 16.1. The van der Waals surface area contributed by atoms with Crippen LogP contribution < -0.4 is 10.1 Å². The van der Waals surface area contributed by atoms with Gasteiger partial charge in [0.05, 0.1) is 18.6 Å². The maximum Gasteiger partial charge on any atom is 0.229 e. The summed E-state index contributed by atoms with van der Waals surface area (Å²) in [6.45, 7) is 4.74. The van der Waals surface area contributed by atoms with Crippen LogP contribution >= 0.6 is 11.3 Å². The first-order valence-electron chi connectivity index (χ1n) is 11.1. The number of nitriles is 1. The van der Waals surface area contributed by atoms with Gasteiger partial charge >= 0.3 is 0 Å². The number of carbonyl (C=O) groups excluding carboxylic acids is 1. The monoisotopic (exact) mass is 463 g/mol. The zero-order chi connectivity index (χ0) is 23.2.